The van der Waals surface area contributed by atoms with Crippen LogP contribution < -0.4 is 0 Å². The molecule has 0 aromatic rings. The second-order valence-corrected chi connectivity index (χ2v) is 5.66. The number of hydrogen-bond acceptors (Lipinski definition) is 1. The van der Waals surface area contributed by atoms with E-state index in [-0.39, 0.29) is 5.60 Å². The molecular weight excluding hydrogens is 196 g/mol. The number of aliphatic hydroxyl groups is 1. The van der Waals surface area contributed by atoms with E-state index in [0.717, 1.165) is 12.8 Å². The fourth-order valence-corrected chi connectivity index (χ4v) is 2.72. The second-order valence-electron chi connectivity index (χ2n) is 5.66. The lowest BCUT2D eigenvalue weighted by molar-refractivity contribution is 0.115. The molecule has 0 saturated heterocycles. The van der Waals surface area contributed by atoms with Crippen LogP contribution in [0.25, 0.3) is 0 Å². The Kier molecular flexibility index (Phi) is 6.41. The Balaban J connectivity index is 1.97. The highest BCUT2D eigenvalue weighted by Crippen LogP contribution is 2.50. The van der Waals surface area contributed by atoms with Crippen molar-refractivity contribution in [1.29, 1.82) is 0 Å². The van der Waals surface area contributed by atoms with Crippen LogP contribution in [0, 0.1) is 5.92 Å². The van der Waals surface area contributed by atoms with E-state index in [0.29, 0.717) is 5.92 Å². The third kappa shape index (κ3) is 4.86. The van der Waals surface area contributed by atoms with Crippen LogP contribution in [0.2, 0.25) is 0 Å². The fourth-order valence-electron chi connectivity index (χ4n) is 2.72. The molecular formula is C15H30O. The molecule has 0 heterocycles. The minimum absolute atomic E-state index is 0.236. The third-order valence-electron chi connectivity index (χ3n) is 4.07. The van der Waals surface area contributed by atoms with E-state index in [9.17, 15) is 5.11 Å². The molecule has 0 aliphatic heterocycles. The van der Waals surface area contributed by atoms with Gasteiger partial charge in [0.1, 0.15) is 0 Å². The van der Waals surface area contributed by atoms with Crippen molar-refractivity contribution < 1.29 is 5.11 Å². The average molecular weight is 226 g/mol. The summed E-state index contributed by atoms with van der Waals surface area (Å²) in [6, 6.07) is 0. The quantitative estimate of drug-likeness (QED) is 0.536. The number of unbranched alkanes of at least 4 members (excludes halogenated alkanes) is 6. The van der Waals surface area contributed by atoms with Crippen LogP contribution in [-0.2, 0) is 0 Å². The van der Waals surface area contributed by atoms with Crippen molar-refractivity contribution >= 4 is 0 Å². The first-order valence-corrected chi connectivity index (χ1v) is 7.45. The Morgan fingerprint density at radius 3 is 2.19 bits per heavy atom. The van der Waals surface area contributed by atoms with Crippen LogP contribution in [0.4, 0.5) is 0 Å². The zero-order valence-corrected chi connectivity index (χ0v) is 11.3. The van der Waals surface area contributed by atoms with Gasteiger partial charge in [-0.3, -0.25) is 0 Å². The molecule has 0 amide bonds. The molecule has 0 radical (unpaired) electrons. The summed E-state index contributed by atoms with van der Waals surface area (Å²) < 4.78 is 0. The highest BCUT2D eigenvalue weighted by Gasteiger charge is 2.50. The molecule has 1 N–H and O–H groups in total. The third-order valence-corrected chi connectivity index (χ3v) is 4.07. The lowest BCUT2D eigenvalue weighted by atomic mass is 10.0. The van der Waals surface area contributed by atoms with Crippen molar-refractivity contribution in [1.82, 2.24) is 0 Å². The zero-order valence-electron chi connectivity index (χ0n) is 11.3. The Morgan fingerprint density at radius 2 is 1.56 bits per heavy atom. The van der Waals surface area contributed by atoms with E-state index < -0.39 is 0 Å². The molecule has 1 heteroatoms. The molecule has 0 bridgehead atoms. The summed E-state index contributed by atoms with van der Waals surface area (Å²) in [7, 11) is 0. The van der Waals surface area contributed by atoms with Crippen LogP contribution in [0.3, 0.4) is 0 Å². The maximum atomic E-state index is 10.2. The van der Waals surface area contributed by atoms with Crippen molar-refractivity contribution in [3.63, 3.8) is 0 Å². The van der Waals surface area contributed by atoms with Gasteiger partial charge in [0.15, 0.2) is 0 Å². The molecule has 2 atom stereocenters. The topological polar surface area (TPSA) is 20.2 Å². The Morgan fingerprint density at radius 1 is 0.938 bits per heavy atom. The normalized spacial score (nSPS) is 28.3. The summed E-state index contributed by atoms with van der Waals surface area (Å²) in [5.41, 5.74) is -0.236. The van der Waals surface area contributed by atoms with Gasteiger partial charge in [-0.05, 0) is 25.2 Å². The molecule has 0 spiro atoms. The zero-order chi connectivity index (χ0) is 11.9. The summed E-state index contributed by atoms with van der Waals surface area (Å²) >= 11 is 0. The number of rotatable bonds is 10. The van der Waals surface area contributed by atoms with Gasteiger partial charge in [-0.2, -0.15) is 0 Å². The van der Waals surface area contributed by atoms with Gasteiger partial charge in [-0.15, -0.1) is 0 Å². The first-order valence-electron chi connectivity index (χ1n) is 7.45. The fraction of sp³-hybridized carbons (Fsp3) is 1.00. The van der Waals surface area contributed by atoms with Gasteiger partial charge >= 0.3 is 0 Å². The van der Waals surface area contributed by atoms with Crippen molar-refractivity contribution in [2.24, 2.45) is 5.92 Å². The standard InChI is InChI=1S/C15H30O/c1-3-5-7-9-11-14-13-15(14,16)12-10-8-6-4-2/h14,16H,3-13H2,1-2H3. The van der Waals surface area contributed by atoms with Crippen LogP contribution in [0.15, 0.2) is 0 Å². The largest absolute Gasteiger partial charge is 0.390 e. The average Bonchev–Trinajstić information content (AvgIpc) is 2.92. The van der Waals surface area contributed by atoms with Crippen LogP contribution in [0.5, 0.6) is 0 Å². The first kappa shape index (κ1) is 14.0. The van der Waals surface area contributed by atoms with Crippen LogP contribution in [0.1, 0.15) is 84.5 Å². The van der Waals surface area contributed by atoms with Crippen molar-refractivity contribution in [3.05, 3.63) is 0 Å². The molecule has 16 heavy (non-hydrogen) atoms. The molecule has 96 valence electrons. The van der Waals surface area contributed by atoms with Crippen molar-refractivity contribution in [3.8, 4) is 0 Å². The summed E-state index contributed by atoms with van der Waals surface area (Å²) in [5, 5.41) is 10.2. The van der Waals surface area contributed by atoms with E-state index in [1.54, 1.807) is 0 Å². The van der Waals surface area contributed by atoms with Gasteiger partial charge in [-0.1, -0.05) is 65.2 Å². The van der Waals surface area contributed by atoms with E-state index in [1.807, 2.05) is 0 Å². The smallest absolute Gasteiger partial charge is 0.0680 e. The molecule has 1 nitrogen and oxygen atoms in total. The predicted octanol–water partition coefficient (Wildman–Crippen LogP) is 4.68. The molecule has 1 rings (SSSR count). The van der Waals surface area contributed by atoms with E-state index in [4.69, 9.17) is 0 Å². The number of hydrogen-bond donors (Lipinski definition) is 1. The van der Waals surface area contributed by atoms with Crippen LogP contribution in [-0.4, -0.2) is 10.7 Å². The Hall–Kier alpha value is -0.0400. The summed E-state index contributed by atoms with van der Waals surface area (Å²) in [5.74, 6) is 0.644. The predicted molar refractivity (Wildman–Crippen MR) is 70.6 cm³/mol. The minimum atomic E-state index is -0.236. The van der Waals surface area contributed by atoms with Gasteiger partial charge in [0.05, 0.1) is 5.60 Å². The lowest BCUT2D eigenvalue weighted by Crippen LogP contribution is -2.10. The molecule has 1 saturated carbocycles. The first-order chi connectivity index (χ1) is 7.73. The maximum Gasteiger partial charge on any atom is 0.0680 e. The van der Waals surface area contributed by atoms with E-state index in [1.165, 1.54) is 57.8 Å². The van der Waals surface area contributed by atoms with Gasteiger partial charge < -0.3 is 5.11 Å². The molecule has 2 unspecified atom stereocenters. The second kappa shape index (κ2) is 7.32. The van der Waals surface area contributed by atoms with Crippen molar-refractivity contribution in [2.75, 3.05) is 0 Å². The van der Waals surface area contributed by atoms with Crippen LogP contribution >= 0.6 is 0 Å². The maximum absolute atomic E-state index is 10.2. The van der Waals surface area contributed by atoms with Gasteiger partial charge in [0, 0.05) is 0 Å². The summed E-state index contributed by atoms with van der Waals surface area (Å²) in [6.45, 7) is 4.49. The Bertz CT molecular complexity index is 178. The highest BCUT2D eigenvalue weighted by molar-refractivity contribution is 5.02. The van der Waals surface area contributed by atoms with Gasteiger partial charge in [0.25, 0.3) is 0 Å². The molecule has 0 aromatic carbocycles. The molecule has 1 aliphatic carbocycles. The van der Waals surface area contributed by atoms with Gasteiger partial charge in [0.2, 0.25) is 0 Å². The Labute approximate surface area is 102 Å². The molecule has 1 fully saturated rings. The molecule has 1 aliphatic rings. The highest BCUT2D eigenvalue weighted by atomic mass is 16.3. The van der Waals surface area contributed by atoms with Gasteiger partial charge in [-0.25, -0.2) is 0 Å². The van der Waals surface area contributed by atoms with Crippen molar-refractivity contribution in [2.45, 2.75) is 90.1 Å². The van der Waals surface area contributed by atoms with E-state index in [2.05, 4.69) is 13.8 Å². The molecule has 0 aromatic heterocycles. The minimum Gasteiger partial charge on any atom is -0.390 e. The lowest BCUT2D eigenvalue weighted by Gasteiger charge is -2.10. The monoisotopic (exact) mass is 226 g/mol. The summed E-state index contributed by atoms with van der Waals surface area (Å²) in [6.07, 6.45) is 13.9. The summed E-state index contributed by atoms with van der Waals surface area (Å²) in [4.78, 5) is 0. The SMILES string of the molecule is CCCCCCC1CC1(O)CCCCCC. The van der Waals surface area contributed by atoms with E-state index >= 15 is 0 Å².